The van der Waals surface area contributed by atoms with Crippen molar-refractivity contribution in [3.8, 4) is 11.5 Å². The van der Waals surface area contributed by atoms with Crippen molar-refractivity contribution in [3.63, 3.8) is 0 Å². The van der Waals surface area contributed by atoms with Crippen molar-refractivity contribution in [2.24, 2.45) is 0 Å². The number of rotatable bonds is 12. The summed E-state index contributed by atoms with van der Waals surface area (Å²) in [5.41, 5.74) is 1.07. The Morgan fingerprint density at radius 3 is 2.26 bits per heavy atom. The molecule has 0 aliphatic rings. The smallest absolute Gasteiger partial charge is 0.446 e. The summed E-state index contributed by atoms with van der Waals surface area (Å²) in [4.78, 5) is 13.8. The van der Waals surface area contributed by atoms with Gasteiger partial charge in [-0.2, -0.15) is 16.8 Å². The highest BCUT2D eigenvalue weighted by Crippen LogP contribution is 2.25. The second-order valence-corrected chi connectivity index (χ2v) is 9.67. The molecule has 34 heavy (non-hydrogen) atoms. The zero-order valence-corrected chi connectivity index (χ0v) is 21.0. The summed E-state index contributed by atoms with van der Waals surface area (Å²) in [6, 6.07) is 10.2. The maximum absolute atomic E-state index is 12.0. The lowest BCUT2D eigenvalue weighted by atomic mass is 10.2. The molecule has 11 nitrogen and oxygen atoms in total. The van der Waals surface area contributed by atoms with E-state index in [-0.39, 0.29) is 24.7 Å². The minimum atomic E-state index is -4.68. The highest BCUT2D eigenvalue weighted by molar-refractivity contribution is 9.10. The van der Waals surface area contributed by atoms with Gasteiger partial charge in [-0.25, -0.2) is 4.79 Å². The summed E-state index contributed by atoms with van der Waals surface area (Å²) in [6.07, 6.45) is 2.65. The highest BCUT2D eigenvalue weighted by Gasteiger charge is 2.15. The number of esters is 1. The minimum Gasteiger partial charge on any atom is -0.461 e. The molecule has 0 amide bonds. The summed E-state index contributed by atoms with van der Waals surface area (Å²) >= 11 is 3.30. The molecule has 0 atom stereocenters. The molecule has 0 heterocycles. The number of carbonyl (C=O) groups is 1. The van der Waals surface area contributed by atoms with Gasteiger partial charge < -0.3 is 13.1 Å². The van der Waals surface area contributed by atoms with Crippen molar-refractivity contribution in [2.75, 3.05) is 19.7 Å². The normalized spacial score (nSPS) is 12.1. The quantitative estimate of drug-likeness (QED) is 0.216. The Labute approximate surface area is 206 Å². The topological polar surface area (TPSA) is 157 Å². The van der Waals surface area contributed by atoms with Crippen molar-refractivity contribution in [3.05, 3.63) is 64.1 Å². The fraction of sp³-hybridized carbons (Fsp3) is 0.250. The summed E-state index contributed by atoms with van der Waals surface area (Å²) < 4.78 is 75.9. The minimum absolute atomic E-state index is 0.0166. The van der Waals surface area contributed by atoms with Crippen LogP contribution in [0.1, 0.15) is 18.1 Å². The van der Waals surface area contributed by atoms with E-state index in [1.807, 2.05) is 11.8 Å². The maximum atomic E-state index is 12.0. The third-order valence-electron chi connectivity index (χ3n) is 4.20. The van der Waals surface area contributed by atoms with Gasteiger partial charge in [-0.1, -0.05) is 35.0 Å². The molecule has 0 aromatic heterocycles. The molecule has 0 spiro atoms. The molecule has 0 saturated carbocycles. The molecule has 0 saturated heterocycles. The summed E-state index contributed by atoms with van der Waals surface area (Å²) in [5.74, 6) is -0.707. The summed E-state index contributed by atoms with van der Waals surface area (Å²) in [7, 11) is -9.29. The van der Waals surface area contributed by atoms with Crippen LogP contribution in [0.2, 0.25) is 0 Å². The van der Waals surface area contributed by atoms with E-state index < -0.39 is 26.8 Å². The predicted octanol–water partition coefficient (Wildman–Crippen LogP) is 2.89. The van der Waals surface area contributed by atoms with Gasteiger partial charge in [-0.3, -0.25) is 14.0 Å². The Hall–Kier alpha value is -2.49. The van der Waals surface area contributed by atoms with Crippen LogP contribution in [-0.4, -0.2) is 56.5 Å². The lowest BCUT2D eigenvalue weighted by molar-refractivity contribution is -0.138. The fourth-order valence-corrected chi connectivity index (χ4v) is 3.85. The fourth-order valence-electron chi connectivity index (χ4n) is 2.70. The average Bonchev–Trinajstić information content (AvgIpc) is 2.72. The molecule has 14 heteroatoms. The van der Waals surface area contributed by atoms with Gasteiger partial charge >= 0.3 is 26.8 Å². The van der Waals surface area contributed by atoms with E-state index in [0.29, 0.717) is 28.7 Å². The number of benzene rings is 2. The van der Waals surface area contributed by atoms with E-state index in [9.17, 15) is 21.6 Å². The number of nitrogens with zero attached hydrogens (tertiary/aromatic N) is 1. The Kier molecular flexibility index (Phi) is 10.0. The molecular weight excluding hydrogens is 558 g/mol. The predicted molar refractivity (Wildman–Crippen MR) is 126 cm³/mol. The van der Waals surface area contributed by atoms with E-state index in [1.165, 1.54) is 42.5 Å². The molecule has 2 N–H and O–H groups in total. The van der Waals surface area contributed by atoms with Gasteiger partial charge in [0, 0.05) is 29.2 Å². The first-order chi connectivity index (χ1) is 15.8. The van der Waals surface area contributed by atoms with Crippen LogP contribution in [0.3, 0.4) is 0 Å². The molecule has 0 fully saturated rings. The van der Waals surface area contributed by atoms with Crippen molar-refractivity contribution in [2.45, 2.75) is 13.5 Å². The second-order valence-electron chi connectivity index (χ2n) is 6.71. The third kappa shape index (κ3) is 10.6. The first-order valence-corrected chi connectivity index (χ1v) is 13.2. The Bertz CT molecular complexity index is 1230. The molecule has 2 aromatic rings. The number of hydrogen-bond acceptors (Lipinski definition) is 9. The first-order valence-electron chi connectivity index (χ1n) is 9.64. The van der Waals surface area contributed by atoms with Crippen LogP contribution < -0.4 is 8.37 Å². The Balaban J connectivity index is 1.89. The Morgan fingerprint density at radius 1 is 1.03 bits per heavy atom. The number of likely N-dealkylation sites (N-methyl/N-ethyl adjacent to an activating group) is 1. The lowest BCUT2D eigenvalue weighted by Gasteiger charge is -2.21. The molecule has 2 aromatic carbocycles. The SMILES string of the molecule is CCN(CCOC(=O)/C=C/c1ccc(OS(=O)(=O)O)cc1)Cc1cc(Br)ccc1OS(=O)(=O)O. The zero-order chi connectivity index (χ0) is 25.4. The van der Waals surface area contributed by atoms with Crippen molar-refractivity contribution in [1.29, 1.82) is 0 Å². The standard InChI is InChI=1S/C20H22BrNO10S2/c1-2-22(14-16-13-17(21)6-9-19(16)32-34(27,28)29)11-12-30-20(23)10-5-15-3-7-18(8-4-15)31-33(24,25)26/h3-10,13H,2,11-12,14H2,1H3,(H,24,25,26)(H,27,28,29)/b10-5+. The summed E-state index contributed by atoms with van der Waals surface area (Å²) in [5, 5.41) is 0. The van der Waals surface area contributed by atoms with Crippen LogP contribution in [0.4, 0.5) is 0 Å². The van der Waals surface area contributed by atoms with Crippen LogP contribution in [-0.2, 0) is 36.9 Å². The van der Waals surface area contributed by atoms with Crippen LogP contribution in [0.5, 0.6) is 11.5 Å². The second kappa shape index (κ2) is 12.3. The van der Waals surface area contributed by atoms with Crippen molar-refractivity contribution in [1.82, 2.24) is 4.90 Å². The van der Waals surface area contributed by atoms with Crippen LogP contribution in [0.15, 0.2) is 53.0 Å². The van der Waals surface area contributed by atoms with E-state index in [2.05, 4.69) is 24.3 Å². The van der Waals surface area contributed by atoms with Gasteiger partial charge in [0.25, 0.3) is 0 Å². The van der Waals surface area contributed by atoms with Crippen LogP contribution in [0, 0.1) is 0 Å². The van der Waals surface area contributed by atoms with E-state index in [1.54, 1.807) is 12.1 Å². The van der Waals surface area contributed by atoms with E-state index >= 15 is 0 Å². The maximum Gasteiger partial charge on any atom is 0.446 e. The van der Waals surface area contributed by atoms with Crippen molar-refractivity contribution >= 4 is 48.8 Å². The van der Waals surface area contributed by atoms with Gasteiger partial charge in [0.05, 0.1) is 0 Å². The van der Waals surface area contributed by atoms with Crippen molar-refractivity contribution < 1.29 is 43.8 Å². The molecule has 0 aliphatic carbocycles. The largest absolute Gasteiger partial charge is 0.461 e. The molecule has 0 unspecified atom stereocenters. The van der Waals surface area contributed by atoms with Gasteiger partial charge in [-0.15, -0.1) is 0 Å². The molecule has 0 bridgehead atoms. The Morgan fingerprint density at radius 2 is 1.68 bits per heavy atom. The molecule has 186 valence electrons. The van der Waals surface area contributed by atoms with Gasteiger partial charge in [0.1, 0.15) is 18.1 Å². The number of hydrogen-bond donors (Lipinski definition) is 2. The lowest BCUT2D eigenvalue weighted by Crippen LogP contribution is -2.28. The molecule has 2 rings (SSSR count). The van der Waals surface area contributed by atoms with Gasteiger partial charge in [0.15, 0.2) is 0 Å². The summed E-state index contributed by atoms with van der Waals surface area (Å²) in [6.45, 7) is 3.10. The van der Waals surface area contributed by atoms with E-state index in [0.717, 1.165) is 0 Å². The number of ether oxygens (including phenoxy) is 1. The van der Waals surface area contributed by atoms with Gasteiger partial charge in [-0.05, 0) is 48.5 Å². The van der Waals surface area contributed by atoms with Crippen LogP contribution >= 0.6 is 15.9 Å². The van der Waals surface area contributed by atoms with Gasteiger partial charge in [0.2, 0.25) is 0 Å². The average molecular weight is 580 g/mol. The molecular formula is C20H22BrNO10S2. The highest BCUT2D eigenvalue weighted by atomic mass is 79.9. The number of halogens is 1. The zero-order valence-electron chi connectivity index (χ0n) is 17.8. The van der Waals surface area contributed by atoms with Crippen LogP contribution in [0.25, 0.3) is 6.08 Å². The molecule has 0 radical (unpaired) electrons. The van der Waals surface area contributed by atoms with E-state index in [4.69, 9.17) is 13.8 Å². The third-order valence-corrected chi connectivity index (χ3v) is 5.49. The number of carbonyl (C=O) groups excluding carboxylic acids is 1. The molecule has 0 aliphatic heterocycles. The monoisotopic (exact) mass is 579 g/mol. The first kappa shape index (κ1) is 27.8.